The zero-order valence-corrected chi connectivity index (χ0v) is 16.7. The lowest BCUT2D eigenvalue weighted by molar-refractivity contribution is -0.144. The van der Waals surface area contributed by atoms with Crippen molar-refractivity contribution in [3.8, 4) is 0 Å². The molecule has 0 aromatic rings. The van der Waals surface area contributed by atoms with Crippen LogP contribution < -0.4 is 0 Å². The summed E-state index contributed by atoms with van der Waals surface area (Å²) in [5, 5.41) is 0. The summed E-state index contributed by atoms with van der Waals surface area (Å²) in [5.74, 6) is 0.0526. The molecule has 0 aromatic carbocycles. The predicted molar refractivity (Wildman–Crippen MR) is 100 cm³/mol. The molecule has 0 aromatic heterocycles. The largest absolute Gasteiger partial charge is 0.462 e. The molecule has 4 heteroatoms. The maximum absolute atomic E-state index is 12.8. The van der Waals surface area contributed by atoms with E-state index in [0.717, 1.165) is 38.5 Å². The Bertz CT molecular complexity index is 457. The summed E-state index contributed by atoms with van der Waals surface area (Å²) in [6.45, 7) is 10.9. The molecule has 1 fully saturated rings. The van der Waals surface area contributed by atoms with Crippen LogP contribution >= 0.6 is 0 Å². The van der Waals surface area contributed by atoms with Crippen molar-refractivity contribution in [2.24, 2.45) is 17.8 Å². The summed E-state index contributed by atoms with van der Waals surface area (Å²) < 4.78 is 11.0. The van der Waals surface area contributed by atoms with Crippen LogP contribution in [0.3, 0.4) is 0 Å². The molecule has 0 heterocycles. The SMILES string of the molecule is CCCCC(C(=O)OCC(C)C)=C(C(=O)OCC(C)C)C1CCCC1. The van der Waals surface area contributed by atoms with E-state index < -0.39 is 0 Å². The number of carbonyl (C=O) groups is 2. The van der Waals surface area contributed by atoms with Crippen molar-refractivity contribution < 1.29 is 19.1 Å². The molecule has 0 N–H and O–H groups in total. The van der Waals surface area contributed by atoms with Crippen LogP contribution in [0.15, 0.2) is 11.1 Å². The van der Waals surface area contributed by atoms with E-state index in [9.17, 15) is 9.59 Å². The zero-order chi connectivity index (χ0) is 18.8. The van der Waals surface area contributed by atoms with E-state index in [2.05, 4.69) is 6.92 Å². The Morgan fingerprint density at radius 3 is 1.92 bits per heavy atom. The van der Waals surface area contributed by atoms with Gasteiger partial charge in [0.25, 0.3) is 0 Å². The van der Waals surface area contributed by atoms with Crippen molar-refractivity contribution in [3.63, 3.8) is 0 Å². The Kier molecular flexibility index (Phi) is 9.84. The minimum Gasteiger partial charge on any atom is -0.462 e. The molecule has 0 aliphatic heterocycles. The zero-order valence-electron chi connectivity index (χ0n) is 16.7. The second kappa shape index (κ2) is 11.3. The molecule has 1 rings (SSSR count). The fourth-order valence-corrected chi connectivity index (χ4v) is 3.10. The molecule has 25 heavy (non-hydrogen) atoms. The van der Waals surface area contributed by atoms with Crippen molar-refractivity contribution in [1.29, 1.82) is 0 Å². The fraction of sp³-hybridized carbons (Fsp3) is 0.810. The topological polar surface area (TPSA) is 52.6 Å². The van der Waals surface area contributed by atoms with Gasteiger partial charge in [0.15, 0.2) is 0 Å². The summed E-state index contributed by atoms with van der Waals surface area (Å²) in [7, 11) is 0. The third-order valence-corrected chi connectivity index (χ3v) is 4.43. The van der Waals surface area contributed by atoms with Gasteiger partial charge in [0.2, 0.25) is 0 Å². The predicted octanol–water partition coefficient (Wildman–Crippen LogP) is 5.06. The van der Waals surface area contributed by atoms with Crippen LogP contribution in [0, 0.1) is 17.8 Å². The van der Waals surface area contributed by atoms with Crippen molar-refractivity contribution in [1.82, 2.24) is 0 Å². The standard InChI is InChI=1S/C21H36O4/c1-6-7-12-18(20(22)24-13-15(2)3)19(17-10-8-9-11-17)21(23)25-14-16(4)5/h15-17H,6-14H2,1-5H3. The van der Waals surface area contributed by atoms with Crippen molar-refractivity contribution >= 4 is 11.9 Å². The first-order chi connectivity index (χ1) is 11.9. The van der Waals surface area contributed by atoms with Gasteiger partial charge < -0.3 is 9.47 Å². The number of hydrogen-bond donors (Lipinski definition) is 0. The van der Waals surface area contributed by atoms with Crippen LogP contribution in [-0.4, -0.2) is 25.2 Å². The first-order valence-electron chi connectivity index (χ1n) is 9.94. The molecule has 1 aliphatic rings. The number of hydrogen-bond acceptors (Lipinski definition) is 4. The van der Waals surface area contributed by atoms with Crippen LogP contribution in [-0.2, 0) is 19.1 Å². The third-order valence-electron chi connectivity index (χ3n) is 4.43. The molecule has 1 aliphatic carbocycles. The molecule has 0 saturated heterocycles. The fourth-order valence-electron chi connectivity index (χ4n) is 3.10. The summed E-state index contributed by atoms with van der Waals surface area (Å²) in [4.78, 5) is 25.5. The number of unbranched alkanes of at least 4 members (excludes halogenated alkanes) is 1. The van der Waals surface area contributed by atoms with E-state index in [1.807, 2.05) is 27.7 Å². The highest BCUT2D eigenvalue weighted by molar-refractivity contribution is 6.00. The van der Waals surface area contributed by atoms with Crippen molar-refractivity contribution in [3.05, 3.63) is 11.1 Å². The molecule has 0 atom stereocenters. The van der Waals surface area contributed by atoms with Crippen molar-refractivity contribution in [2.75, 3.05) is 13.2 Å². The highest BCUT2D eigenvalue weighted by Gasteiger charge is 2.31. The van der Waals surface area contributed by atoms with Gasteiger partial charge >= 0.3 is 11.9 Å². The summed E-state index contributed by atoms with van der Waals surface area (Å²) in [6.07, 6.45) is 6.57. The van der Waals surface area contributed by atoms with Gasteiger partial charge in [0.05, 0.1) is 18.8 Å². The average Bonchev–Trinajstić information content (AvgIpc) is 3.08. The van der Waals surface area contributed by atoms with Gasteiger partial charge in [-0.05, 0) is 43.4 Å². The Hall–Kier alpha value is -1.32. The van der Waals surface area contributed by atoms with E-state index in [1.54, 1.807) is 0 Å². The van der Waals surface area contributed by atoms with Gasteiger partial charge in [-0.1, -0.05) is 53.9 Å². The van der Waals surface area contributed by atoms with Crippen molar-refractivity contribution in [2.45, 2.75) is 79.6 Å². The van der Waals surface area contributed by atoms with E-state index in [-0.39, 0.29) is 29.7 Å². The average molecular weight is 353 g/mol. The van der Waals surface area contributed by atoms with E-state index >= 15 is 0 Å². The molecule has 1 saturated carbocycles. The summed E-state index contributed by atoms with van der Waals surface area (Å²) >= 11 is 0. The number of carbonyl (C=O) groups excluding carboxylic acids is 2. The maximum Gasteiger partial charge on any atom is 0.334 e. The molecular weight excluding hydrogens is 316 g/mol. The van der Waals surface area contributed by atoms with Crippen LogP contribution in [0.5, 0.6) is 0 Å². The normalized spacial score (nSPS) is 16.3. The van der Waals surface area contributed by atoms with Gasteiger partial charge in [-0.15, -0.1) is 0 Å². The lowest BCUT2D eigenvalue weighted by atomic mass is 9.90. The summed E-state index contributed by atoms with van der Waals surface area (Å²) in [5.41, 5.74) is 1.16. The Labute approximate surface area is 153 Å². The minimum atomic E-state index is -0.328. The molecule has 144 valence electrons. The summed E-state index contributed by atoms with van der Waals surface area (Å²) in [6, 6.07) is 0. The van der Waals surface area contributed by atoms with Crippen LogP contribution in [0.25, 0.3) is 0 Å². The second-order valence-electron chi connectivity index (χ2n) is 7.96. The Morgan fingerprint density at radius 1 is 0.920 bits per heavy atom. The van der Waals surface area contributed by atoms with Gasteiger partial charge in [-0.3, -0.25) is 0 Å². The molecule has 0 radical (unpaired) electrons. The molecular formula is C21H36O4. The minimum absolute atomic E-state index is 0.137. The third kappa shape index (κ3) is 7.62. The maximum atomic E-state index is 12.8. The van der Waals surface area contributed by atoms with E-state index in [1.165, 1.54) is 0 Å². The number of rotatable bonds is 10. The van der Waals surface area contributed by atoms with Crippen LogP contribution in [0.2, 0.25) is 0 Å². The van der Waals surface area contributed by atoms with Gasteiger partial charge in [0, 0.05) is 5.57 Å². The smallest absolute Gasteiger partial charge is 0.334 e. The van der Waals surface area contributed by atoms with E-state index in [0.29, 0.717) is 30.8 Å². The number of esters is 2. The monoisotopic (exact) mass is 352 g/mol. The second-order valence-corrected chi connectivity index (χ2v) is 7.96. The first kappa shape index (κ1) is 21.7. The lowest BCUT2D eigenvalue weighted by Gasteiger charge is -2.20. The quantitative estimate of drug-likeness (QED) is 0.407. The van der Waals surface area contributed by atoms with Gasteiger partial charge in [-0.2, -0.15) is 0 Å². The van der Waals surface area contributed by atoms with E-state index in [4.69, 9.17) is 9.47 Å². The first-order valence-corrected chi connectivity index (χ1v) is 9.94. The van der Waals surface area contributed by atoms with Crippen LogP contribution in [0.4, 0.5) is 0 Å². The Morgan fingerprint density at radius 2 is 1.44 bits per heavy atom. The van der Waals surface area contributed by atoms with Crippen LogP contribution in [0.1, 0.15) is 79.6 Å². The highest BCUT2D eigenvalue weighted by Crippen LogP contribution is 2.35. The molecule has 0 spiro atoms. The lowest BCUT2D eigenvalue weighted by Crippen LogP contribution is -2.23. The molecule has 0 amide bonds. The highest BCUT2D eigenvalue weighted by atomic mass is 16.5. The molecule has 0 unspecified atom stereocenters. The Balaban J connectivity index is 3.10. The molecule has 0 bridgehead atoms. The number of ether oxygens (including phenoxy) is 2. The van der Waals surface area contributed by atoms with Gasteiger partial charge in [-0.25, -0.2) is 9.59 Å². The van der Waals surface area contributed by atoms with Gasteiger partial charge in [0.1, 0.15) is 0 Å². The molecule has 4 nitrogen and oxygen atoms in total.